The van der Waals surface area contributed by atoms with Gasteiger partial charge in [0.1, 0.15) is 0 Å². The van der Waals surface area contributed by atoms with Crippen LogP contribution in [0.25, 0.3) is 22.9 Å². The second-order valence-corrected chi connectivity index (χ2v) is 8.28. The second kappa shape index (κ2) is 7.80. The quantitative estimate of drug-likeness (QED) is 0.607. The summed E-state index contributed by atoms with van der Waals surface area (Å²) in [7, 11) is -3.59. The van der Waals surface area contributed by atoms with Gasteiger partial charge in [-0.3, -0.25) is 0 Å². The molecular formula is C19H20ClN3O3S. The molecule has 0 unspecified atom stereocenters. The van der Waals surface area contributed by atoms with Crippen molar-refractivity contribution in [1.82, 2.24) is 14.5 Å². The Balaban J connectivity index is 2.04. The first-order valence-corrected chi connectivity index (χ1v) is 10.4. The van der Waals surface area contributed by atoms with Crippen LogP contribution in [0, 0.1) is 6.92 Å². The van der Waals surface area contributed by atoms with Gasteiger partial charge in [-0.2, -0.15) is 4.31 Å². The van der Waals surface area contributed by atoms with Crippen LogP contribution in [-0.4, -0.2) is 36.0 Å². The van der Waals surface area contributed by atoms with Crippen molar-refractivity contribution >= 4 is 21.6 Å². The molecule has 0 saturated heterocycles. The topological polar surface area (TPSA) is 76.3 Å². The summed E-state index contributed by atoms with van der Waals surface area (Å²) in [6.07, 6.45) is 0. The van der Waals surface area contributed by atoms with Crippen LogP contribution < -0.4 is 0 Å². The highest BCUT2D eigenvalue weighted by atomic mass is 35.5. The molecule has 0 saturated carbocycles. The number of aromatic nitrogens is 2. The number of hydrogen-bond donors (Lipinski definition) is 0. The Morgan fingerprint density at radius 3 is 2.37 bits per heavy atom. The zero-order valence-corrected chi connectivity index (χ0v) is 16.9. The number of rotatable bonds is 6. The first-order valence-electron chi connectivity index (χ1n) is 8.58. The maximum Gasteiger partial charge on any atom is 0.249 e. The molecule has 3 aromatic rings. The maximum absolute atomic E-state index is 12.9. The molecule has 0 amide bonds. The molecular weight excluding hydrogens is 386 g/mol. The maximum atomic E-state index is 12.9. The van der Waals surface area contributed by atoms with E-state index in [1.54, 1.807) is 37.3 Å². The normalized spacial score (nSPS) is 11.9. The van der Waals surface area contributed by atoms with Gasteiger partial charge in [-0.25, -0.2) is 8.42 Å². The highest BCUT2D eigenvalue weighted by Gasteiger charge is 2.25. The minimum Gasteiger partial charge on any atom is -0.416 e. The predicted octanol–water partition coefficient (Wildman–Crippen LogP) is 4.40. The summed E-state index contributed by atoms with van der Waals surface area (Å²) >= 11 is 6.17. The fourth-order valence-corrected chi connectivity index (χ4v) is 4.72. The zero-order chi connectivity index (χ0) is 19.6. The van der Waals surface area contributed by atoms with E-state index in [-0.39, 0.29) is 16.7 Å². The highest BCUT2D eigenvalue weighted by Crippen LogP contribution is 2.31. The van der Waals surface area contributed by atoms with E-state index in [0.29, 0.717) is 34.8 Å². The van der Waals surface area contributed by atoms with Crippen LogP contribution in [0.15, 0.2) is 51.8 Å². The molecule has 6 nitrogen and oxygen atoms in total. The van der Waals surface area contributed by atoms with E-state index in [2.05, 4.69) is 10.2 Å². The van der Waals surface area contributed by atoms with Gasteiger partial charge in [0.25, 0.3) is 0 Å². The molecule has 8 heteroatoms. The molecule has 1 heterocycles. The Hall–Kier alpha value is -2.22. The average molecular weight is 406 g/mol. The minimum absolute atomic E-state index is 0.237. The molecule has 0 bridgehead atoms. The lowest BCUT2D eigenvalue weighted by atomic mass is 10.1. The van der Waals surface area contributed by atoms with E-state index < -0.39 is 10.0 Å². The van der Waals surface area contributed by atoms with Crippen molar-refractivity contribution in [1.29, 1.82) is 0 Å². The predicted molar refractivity (Wildman–Crippen MR) is 105 cm³/mol. The third-order valence-corrected chi connectivity index (χ3v) is 6.81. The van der Waals surface area contributed by atoms with Crippen molar-refractivity contribution in [2.24, 2.45) is 0 Å². The van der Waals surface area contributed by atoms with Crippen LogP contribution in [0.5, 0.6) is 0 Å². The molecule has 0 aliphatic rings. The van der Waals surface area contributed by atoms with E-state index in [4.69, 9.17) is 16.0 Å². The van der Waals surface area contributed by atoms with Crippen molar-refractivity contribution in [2.75, 3.05) is 13.1 Å². The molecule has 142 valence electrons. The van der Waals surface area contributed by atoms with Crippen LogP contribution in [-0.2, 0) is 10.0 Å². The molecule has 0 fully saturated rings. The molecule has 0 aliphatic heterocycles. The summed E-state index contributed by atoms with van der Waals surface area (Å²) in [5.41, 5.74) is 1.83. The van der Waals surface area contributed by atoms with Gasteiger partial charge in [-0.05, 0) is 36.8 Å². The molecule has 0 spiro atoms. The molecule has 2 aromatic carbocycles. The lowest BCUT2D eigenvalue weighted by molar-refractivity contribution is 0.445. The number of sulfonamides is 1. The fraction of sp³-hybridized carbons (Fsp3) is 0.263. The molecule has 1 aromatic heterocycles. The summed E-state index contributed by atoms with van der Waals surface area (Å²) < 4.78 is 33.0. The van der Waals surface area contributed by atoms with E-state index in [0.717, 1.165) is 0 Å². The third-order valence-electron chi connectivity index (χ3n) is 4.29. The van der Waals surface area contributed by atoms with Gasteiger partial charge in [0.05, 0.1) is 15.5 Å². The number of nitrogens with zero attached hydrogens (tertiary/aromatic N) is 3. The van der Waals surface area contributed by atoms with Gasteiger partial charge in [0.15, 0.2) is 0 Å². The highest BCUT2D eigenvalue weighted by molar-refractivity contribution is 7.89. The molecule has 3 rings (SSSR count). The Bertz CT molecular complexity index is 1060. The summed E-state index contributed by atoms with van der Waals surface area (Å²) in [5.74, 6) is 0.519. The smallest absolute Gasteiger partial charge is 0.249 e. The molecule has 0 aliphatic carbocycles. The monoisotopic (exact) mass is 405 g/mol. The lowest BCUT2D eigenvalue weighted by Crippen LogP contribution is -2.31. The lowest BCUT2D eigenvalue weighted by Gasteiger charge is -2.20. The summed E-state index contributed by atoms with van der Waals surface area (Å²) in [6.45, 7) is 6.20. The molecule has 0 atom stereocenters. The van der Waals surface area contributed by atoms with Crippen LogP contribution in [0.2, 0.25) is 5.02 Å². The van der Waals surface area contributed by atoms with Crippen molar-refractivity contribution in [2.45, 2.75) is 25.7 Å². The fourth-order valence-electron chi connectivity index (χ4n) is 2.80. The number of hydrogen-bond acceptors (Lipinski definition) is 5. The van der Waals surface area contributed by atoms with Crippen molar-refractivity contribution in [3.8, 4) is 22.9 Å². The van der Waals surface area contributed by atoms with Crippen LogP contribution >= 0.6 is 11.6 Å². The summed E-state index contributed by atoms with van der Waals surface area (Å²) in [5, 5.41) is 8.60. The van der Waals surface area contributed by atoms with E-state index in [1.165, 1.54) is 4.31 Å². The van der Waals surface area contributed by atoms with Gasteiger partial charge in [-0.15, -0.1) is 10.2 Å². The van der Waals surface area contributed by atoms with Crippen molar-refractivity contribution < 1.29 is 12.8 Å². The first-order chi connectivity index (χ1) is 12.9. The van der Waals surface area contributed by atoms with E-state index in [9.17, 15) is 8.42 Å². The standard InChI is InChI=1S/C19H20ClN3O3S/c1-4-23(5-2)27(24,25)17-12-14(11-10-13(17)3)18-21-22-19(26-18)15-8-6-7-9-16(15)20/h6-12H,4-5H2,1-3H3. The first kappa shape index (κ1) is 19.5. The van der Waals surface area contributed by atoms with Gasteiger partial charge in [0.2, 0.25) is 21.8 Å². The van der Waals surface area contributed by atoms with Crippen molar-refractivity contribution in [3.63, 3.8) is 0 Å². The van der Waals surface area contributed by atoms with Gasteiger partial charge < -0.3 is 4.42 Å². The SMILES string of the molecule is CCN(CC)S(=O)(=O)c1cc(-c2nnc(-c3ccccc3Cl)o2)ccc1C. The zero-order valence-electron chi connectivity index (χ0n) is 15.3. The Labute approximate surface area is 163 Å². The Morgan fingerprint density at radius 2 is 1.70 bits per heavy atom. The van der Waals surface area contributed by atoms with E-state index in [1.807, 2.05) is 26.0 Å². The Kier molecular flexibility index (Phi) is 5.64. The minimum atomic E-state index is -3.59. The van der Waals surface area contributed by atoms with Crippen LogP contribution in [0.4, 0.5) is 0 Å². The second-order valence-electron chi connectivity index (χ2n) is 5.96. The molecule has 0 N–H and O–H groups in total. The number of benzene rings is 2. The van der Waals surface area contributed by atoms with E-state index >= 15 is 0 Å². The van der Waals surface area contributed by atoms with Crippen LogP contribution in [0.3, 0.4) is 0 Å². The summed E-state index contributed by atoms with van der Waals surface area (Å²) in [4.78, 5) is 0.237. The number of aryl methyl sites for hydroxylation is 1. The van der Waals surface area contributed by atoms with Gasteiger partial charge in [-0.1, -0.05) is 43.6 Å². The Morgan fingerprint density at radius 1 is 1.04 bits per heavy atom. The molecule has 27 heavy (non-hydrogen) atoms. The largest absolute Gasteiger partial charge is 0.416 e. The van der Waals surface area contributed by atoms with Crippen molar-refractivity contribution in [3.05, 3.63) is 53.1 Å². The number of halogens is 1. The van der Waals surface area contributed by atoms with Crippen LogP contribution in [0.1, 0.15) is 19.4 Å². The average Bonchev–Trinajstić information content (AvgIpc) is 3.13. The molecule has 0 radical (unpaired) electrons. The third kappa shape index (κ3) is 3.76. The summed E-state index contributed by atoms with van der Waals surface area (Å²) in [6, 6.07) is 12.2. The van der Waals surface area contributed by atoms with Gasteiger partial charge in [0, 0.05) is 18.7 Å². The van der Waals surface area contributed by atoms with Gasteiger partial charge >= 0.3 is 0 Å².